The van der Waals surface area contributed by atoms with Crippen LogP contribution in [0, 0.1) is 0 Å². The zero-order chi connectivity index (χ0) is 11.4. The molecule has 1 heterocycles. The van der Waals surface area contributed by atoms with Crippen LogP contribution < -0.4 is 5.73 Å². The summed E-state index contributed by atoms with van der Waals surface area (Å²) in [5.41, 5.74) is 6.98. The van der Waals surface area contributed by atoms with E-state index in [9.17, 15) is 4.79 Å². The van der Waals surface area contributed by atoms with E-state index in [1.54, 1.807) is 4.90 Å². The first-order valence-corrected chi connectivity index (χ1v) is 6.13. The summed E-state index contributed by atoms with van der Waals surface area (Å²) in [6.07, 6.45) is 8.01. The molecule has 4 nitrogen and oxygen atoms in total. The van der Waals surface area contributed by atoms with E-state index in [2.05, 4.69) is 6.08 Å². The Morgan fingerprint density at radius 2 is 2.38 bits per heavy atom. The van der Waals surface area contributed by atoms with Gasteiger partial charge < -0.3 is 15.4 Å². The lowest BCUT2D eigenvalue weighted by Crippen LogP contribution is -2.28. The van der Waals surface area contributed by atoms with E-state index >= 15 is 0 Å². The van der Waals surface area contributed by atoms with E-state index in [1.165, 1.54) is 31.3 Å². The number of amides is 1. The first-order chi connectivity index (χ1) is 7.79. The molecule has 2 rings (SSSR count). The van der Waals surface area contributed by atoms with Crippen LogP contribution in [0.5, 0.6) is 0 Å². The smallest absolute Gasteiger partial charge is 0.410 e. The van der Waals surface area contributed by atoms with Crippen molar-refractivity contribution in [1.29, 1.82) is 0 Å². The third kappa shape index (κ3) is 2.76. The molecule has 1 saturated heterocycles. The van der Waals surface area contributed by atoms with Crippen LogP contribution in [0.2, 0.25) is 0 Å². The number of hydrogen-bond acceptors (Lipinski definition) is 3. The molecule has 2 N–H and O–H groups in total. The van der Waals surface area contributed by atoms with Crippen LogP contribution in [0.1, 0.15) is 32.1 Å². The van der Waals surface area contributed by atoms with E-state index in [0.29, 0.717) is 13.1 Å². The average Bonchev–Trinajstić information content (AvgIpc) is 2.69. The number of nitrogens with two attached hydrogens (primary N) is 1. The zero-order valence-corrected chi connectivity index (χ0v) is 9.65. The van der Waals surface area contributed by atoms with Gasteiger partial charge in [-0.15, -0.1) is 0 Å². The molecule has 0 saturated carbocycles. The molecular weight excluding hydrogens is 204 g/mol. The summed E-state index contributed by atoms with van der Waals surface area (Å²) in [5.74, 6) is 0. The third-order valence-corrected chi connectivity index (χ3v) is 3.30. The van der Waals surface area contributed by atoms with Crippen molar-refractivity contribution < 1.29 is 9.53 Å². The van der Waals surface area contributed by atoms with Crippen molar-refractivity contribution in [3.63, 3.8) is 0 Å². The molecular formula is C12H20N2O2. The zero-order valence-electron chi connectivity index (χ0n) is 9.65. The Balaban J connectivity index is 1.77. The Morgan fingerprint density at radius 3 is 3.00 bits per heavy atom. The van der Waals surface area contributed by atoms with Gasteiger partial charge in [-0.05, 0) is 32.1 Å². The maximum Gasteiger partial charge on any atom is 0.410 e. The minimum absolute atomic E-state index is 0.104. The molecule has 0 spiro atoms. The summed E-state index contributed by atoms with van der Waals surface area (Å²) >= 11 is 0. The van der Waals surface area contributed by atoms with Crippen LogP contribution in [-0.2, 0) is 4.74 Å². The summed E-state index contributed by atoms with van der Waals surface area (Å²) in [5, 5.41) is 0. The van der Waals surface area contributed by atoms with Crippen molar-refractivity contribution in [3.8, 4) is 0 Å². The molecule has 90 valence electrons. The first kappa shape index (κ1) is 11.5. The van der Waals surface area contributed by atoms with Crippen molar-refractivity contribution in [1.82, 2.24) is 4.90 Å². The summed E-state index contributed by atoms with van der Waals surface area (Å²) in [6, 6.07) is 0. The summed E-state index contributed by atoms with van der Waals surface area (Å²) in [4.78, 5) is 13.2. The lowest BCUT2D eigenvalue weighted by Gasteiger charge is -2.16. The summed E-state index contributed by atoms with van der Waals surface area (Å²) in [7, 11) is 0. The average molecular weight is 224 g/mol. The fourth-order valence-corrected chi connectivity index (χ4v) is 2.29. The number of rotatable bonds is 4. The van der Waals surface area contributed by atoms with Gasteiger partial charge in [0.25, 0.3) is 0 Å². The van der Waals surface area contributed by atoms with Crippen molar-refractivity contribution in [2.75, 3.05) is 19.6 Å². The third-order valence-electron chi connectivity index (χ3n) is 3.30. The number of carbonyl (C=O) groups is 1. The maximum absolute atomic E-state index is 11.4. The van der Waals surface area contributed by atoms with Crippen LogP contribution in [0.25, 0.3) is 0 Å². The predicted octanol–water partition coefficient (Wildman–Crippen LogP) is 1.66. The quantitative estimate of drug-likeness (QED) is 0.739. The molecule has 1 fully saturated rings. The van der Waals surface area contributed by atoms with E-state index in [4.69, 9.17) is 10.5 Å². The standard InChI is InChI=1S/C12H20N2O2/c13-8-11-9-14(12(15)16-11)7-6-10-4-2-1-3-5-10/h4,11H,1-3,5-9,13H2. The van der Waals surface area contributed by atoms with E-state index in [1.807, 2.05) is 0 Å². The molecule has 1 amide bonds. The van der Waals surface area contributed by atoms with Gasteiger partial charge in [0.05, 0.1) is 6.54 Å². The highest BCUT2D eigenvalue weighted by atomic mass is 16.6. The molecule has 2 aliphatic rings. The number of allylic oxidation sites excluding steroid dienone is 1. The SMILES string of the molecule is NCC1CN(CCC2=CCCCC2)C(=O)O1. The lowest BCUT2D eigenvalue weighted by molar-refractivity contribution is 0.135. The summed E-state index contributed by atoms with van der Waals surface area (Å²) in [6.45, 7) is 1.86. The molecule has 1 unspecified atom stereocenters. The second kappa shape index (κ2) is 5.34. The van der Waals surface area contributed by atoms with Crippen LogP contribution in [0.15, 0.2) is 11.6 Å². The molecule has 0 aromatic heterocycles. The topological polar surface area (TPSA) is 55.6 Å². The fraction of sp³-hybridized carbons (Fsp3) is 0.750. The minimum atomic E-state index is -0.202. The summed E-state index contributed by atoms with van der Waals surface area (Å²) < 4.78 is 5.11. The Morgan fingerprint density at radius 1 is 1.50 bits per heavy atom. The largest absolute Gasteiger partial charge is 0.443 e. The molecule has 0 radical (unpaired) electrons. The van der Waals surface area contributed by atoms with Gasteiger partial charge in [0.1, 0.15) is 6.10 Å². The highest BCUT2D eigenvalue weighted by Crippen LogP contribution is 2.21. The highest BCUT2D eigenvalue weighted by molar-refractivity contribution is 5.69. The maximum atomic E-state index is 11.4. The molecule has 16 heavy (non-hydrogen) atoms. The molecule has 4 heteroatoms. The second-order valence-electron chi connectivity index (χ2n) is 4.55. The number of hydrogen-bond donors (Lipinski definition) is 1. The first-order valence-electron chi connectivity index (χ1n) is 6.13. The van der Waals surface area contributed by atoms with Gasteiger partial charge in [-0.3, -0.25) is 0 Å². The Kier molecular flexibility index (Phi) is 3.83. The molecule has 0 aromatic rings. The van der Waals surface area contributed by atoms with E-state index in [0.717, 1.165) is 13.0 Å². The molecule has 0 bridgehead atoms. The molecule has 0 aromatic carbocycles. The van der Waals surface area contributed by atoms with Crippen LogP contribution in [0.4, 0.5) is 4.79 Å². The fourth-order valence-electron chi connectivity index (χ4n) is 2.29. The van der Waals surface area contributed by atoms with Crippen LogP contribution >= 0.6 is 0 Å². The van der Waals surface area contributed by atoms with Gasteiger partial charge in [-0.1, -0.05) is 11.6 Å². The molecule has 1 atom stereocenters. The minimum Gasteiger partial charge on any atom is -0.443 e. The van der Waals surface area contributed by atoms with Gasteiger partial charge in [0, 0.05) is 13.1 Å². The van der Waals surface area contributed by atoms with Gasteiger partial charge >= 0.3 is 6.09 Å². The Hall–Kier alpha value is -1.03. The van der Waals surface area contributed by atoms with Crippen molar-refractivity contribution in [3.05, 3.63) is 11.6 Å². The molecule has 1 aliphatic carbocycles. The van der Waals surface area contributed by atoms with Crippen molar-refractivity contribution in [2.24, 2.45) is 5.73 Å². The van der Waals surface area contributed by atoms with Crippen molar-refractivity contribution in [2.45, 2.75) is 38.2 Å². The number of carbonyl (C=O) groups excluding carboxylic acids is 1. The normalized spacial score (nSPS) is 25.6. The van der Waals surface area contributed by atoms with E-state index < -0.39 is 0 Å². The monoisotopic (exact) mass is 224 g/mol. The number of nitrogens with zero attached hydrogens (tertiary/aromatic N) is 1. The Labute approximate surface area is 96.4 Å². The van der Waals surface area contributed by atoms with Crippen LogP contribution in [-0.4, -0.2) is 36.7 Å². The second-order valence-corrected chi connectivity index (χ2v) is 4.55. The van der Waals surface area contributed by atoms with Crippen LogP contribution in [0.3, 0.4) is 0 Å². The lowest BCUT2D eigenvalue weighted by atomic mass is 9.97. The predicted molar refractivity (Wildman–Crippen MR) is 62.1 cm³/mol. The van der Waals surface area contributed by atoms with Gasteiger partial charge in [0.15, 0.2) is 0 Å². The number of ether oxygens (including phenoxy) is 1. The Bertz CT molecular complexity index is 289. The van der Waals surface area contributed by atoms with E-state index in [-0.39, 0.29) is 12.2 Å². The molecule has 1 aliphatic heterocycles. The highest BCUT2D eigenvalue weighted by Gasteiger charge is 2.29. The van der Waals surface area contributed by atoms with Gasteiger partial charge in [0.2, 0.25) is 0 Å². The number of cyclic esters (lactones) is 1. The van der Waals surface area contributed by atoms with Crippen molar-refractivity contribution >= 4 is 6.09 Å². The van der Waals surface area contributed by atoms with Gasteiger partial charge in [-0.25, -0.2) is 4.79 Å². The van der Waals surface area contributed by atoms with Gasteiger partial charge in [-0.2, -0.15) is 0 Å².